The fourth-order valence-corrected chi connectivity index (χ4v) is 5.36. The van der Waals surface area contributed by atoms with Crippen LogP contribution in [0.25, 0.3) is 0 Å². The fourth-order valence-electron chi connectivity index (χ4n) is 5.04. The Balaban J connectivity index is 1.43. The fraction of sp³-hybridized carbons (Fsp3) is 0.632. The summed E-state index contributed by atoms with van der Waals surface area (Å²) >= 11 is 3.48. The van der Waals surface area contributed by atoms with Crippen LogP contribution in [0.3, 0.4) is 0 Å². The molecule has 2 atom stereocenters. The molecule has 2 aliphatic heterocycles. The Hall–Kier alpha value is -1.45. The molecule has 4 aliphatic rings. The molecule has 5 nitrogen and oxygen atoms in total. The van der Waals surface area contributed by atoms with Crippen molar-refractivity contribution in [3.05, 3.63) is 22.4 Å². The maximum absolute atomic E-state index is 13.1. The van der Waals surface area contributed by atoms with E-state index in [1.165, 1.54) is 6.42 Å². The number of hydrogen-bond donors (Lipinski definition) is 0. The summed E-state index contributed by atoms with van der Waals surface area (Å²) in [4.78, 5) is 21.9. The van der Waals surface area contributed by atoms with Crippen LogP contribution >= 0.6 is 15.9 Å². The molecule has 0 aromatic carbocycles. The van der Waals surface area contributed by atoms with Crippen LogP contribution in [0.4, 0.5) is 5.69 Å². The van der Waals surface area contributed by atoms with Crippen LogP contribution in [0.1, 0.15) is 38.8 Å². The Morgan fingerprint density at radius 3 is 2.64 bits per heavy atom. The van der Waals surface area contributed by atoms with Gasteiger partial charge in [0.25, 0.3) is 0 Å². The highest BCUT2D eigenvalue weighted by Crippen LogP contribution is 2.53. The molecular weight excluding hydrogens is 380 g/mol. The smallest absolute Gasteiger partial charge is 0.239 e. The van der Waals surface area contributed by atoms with E-state index in [2.05, 4.69) is 31.9 Å². The first kappa shape index (κ1) is 15.8. The van der Waals surface area contributed by atoms with Crippen molar-refractivity contribution < 1.29 is 4.79 Å². The first-order valence-electron chi connectivity index (χ1n) is 9.02. The van der Waals surface area contributed by atoms with Gasteiger partial charge in [-0.3, -0.25) is 14.7 Å². The summed E-state index contributed by atoms with van der Waals surface area (Å²) in [6.45, 7) is 6.01. The third-order valence-electron chi connectivity index (χ3n) is 6.74. The Labute approximate surface area is 156 Å². The number of carbonyl (C=O) groups is 1. The molecule has 0 N–H and O–H groups in total. The second-order valence-electron chi connectivity index (χ2n) is 8.69. The number of nitrogens with zero attached hydrogens (tertiary/aromatic N) is 4. The Morgan fingerprint density at radius 2 is 2.00 bits per heavy atom. The van der Waals surface area contributed by atoms with Gasteiger partial charge in [-0.25, -0.2) is 0 Å². The summed E-state index contributed by atoms with van der Waals surface area (Å²) in [7, 11) is 0. The van der Waals surface area contributed by atoms with Gasteiger partial charge in [0.05, 0.1) is 22.9 Å². The van der Waals surface area contributed by atoms with E-state index in [9.17, 15) is 10.1 Å². The maximum Gasteiger partial charge on any atom is 0.239 e. The van der Waals surface area contributed by atoms with Crippen LogP contribution in [0.15, 0.2) is 16.7 Å². The lowest BCUT2D eigenvalue weighted by Gasteiger charge is -2.51. The number of anilines is 1. The molecule has 0 bridgehead atoms. The number of fused-ring (bicyclic) bond motifs is 2. The van der Waals surface area contributed by atoms with Crippen molar-refractivity contribution >= 4 is 27.5 Å². The van der Waals surface area contributed by atoms with Crippen molar-refractivity contribution in [2.45, 2.75) is 50.1 Å². The molecule has 2 aliphatic carbocycles. The van der Waals surface area contributed by atoms with E-state index in [4.69, 9.17) is 0 Å². The number of pyridine rings is 1. The molecule has 1 amide bonds. The van der Waals surface area contributed by atoms with Gasteiger partial charge >= 0.3 is 0 Å². The molecule has 25 heavy (non-hydrogen) atoms. The first-order valence-corrected chi connectivity index (χ1v) is 9.81. The summed E-state index contributed by atoms with van der Waals surface area (Å²) in [5, 5.41) is 9.85. The predicted molar refractivity (Wildman–Crippen MR) is 97.0 cm³/mol. The van der Waals surface area contributed by atoms with Crippen LogP contribution < -0.4 is 4.90 Å². The van der Waals surface area contributed by atoms with Gasteiger partial charge in [-0.05, 0) is 54.1 Å². The lowest BCUT2D eigenvalue weighted by atomic mass is 9.71. The summed E-state index contributed by atoms with van der Waals surface area (Å²) in [6, 6.07) is 4.68. The van der Waals surface area contributed by atoms with Gasteiger partial charge in [0.15, 0.2) is 0 Å². The minimum Gasteiger partial charge on any atom is -0.306 e. The van der Waals surface area contributed by atoms with Crippen LogP contribution in [-0.4, -0.2) is 40.5 Å². The van der Waals surface area contributed by atoms with Crippen LogP contribution in [0.5, 0.6) is 0 Å². The number of hydrogen-bond acceptors (Lipinski definition) is 4. The van der Waals surface area contributed by atoms with Crippen molar-refractivity contribution in [2.24, 2.45) is 11.8 Å². The SMILES string of the molecule is CC1(C)C(=O)N(C2CC(C#N)(N3CC4C[C@@H]4C3)C2)c2cc(Br)cnc21. The zero-order valence-electron chi connectivity index (χ0n) is 14.5. The Kier molecular flexibility index (Phi) is 3.05. The minimum absolute atomic E-state index is 0.0979. The average Bonchev–Trinajstić information content (AvgIpc) is 3.09. The highest BCUT2D eigenvalue weighted by Gasteiger charge is 2.60. The van der Waals surface area contributed by atoms with Crippen molar-refractivity contribution in [3.8, 4) is 6.07 Å². The minimum atomic E-state index is -0.601. The van der Waals surface area contributed by atoms with Gasteiger partial charge in [-0.2, -0.15) is 5.26 Å². The number of halogens is 1. The summed E-state index contributed by atoms with van der Waals surface area (Å²) < 4.78 is 0.882. The summed E-state index contributed by atoms with van der Waals surface area (Å²) in [5.41, 5.74) is 0.781. The zero-order valence-corrected chi connectivity index (χ0v) is 16.1. The summed E-state index contributed by atoms with van der Waals surface area (Å²) in [6.07, 6.45) is 4.59. The number of amides is 1. The number of piperidine rings is 1. The number of rotatable bonds is 2. The van der Waals surface area contributed by atoms with Crippen molar-refractivity contribution in [2.75, 3.05) is 18.0 Å². The van der Waals surface area contributed by atoms with Crippen LogP contribution in [0, 0.1) is 23.2 Å². The van der Waals surface area contributed by atoms with Gasteiger partial charge < -0.3 is 4.90 Å². The molecule has 0 spiro atoms. The molecule has 2 saturated carbocycles. The monoisotopic (exact) mass is 400 g/mol. The van der Waals surface area contributed by atoms with Crippen molar-refractivity contribution in [3.63, 3.8) is 0 Å². The van der Waals surface area contributed by atoms with E-state index in [0.29, 0.717) is 0 Å². The molecule has 3 heterocycles. The van der Waals surface area contributed by atoms with Crippen LogP contribution in [0.2, 0.25) is 0 Å². The van der Waals surface area contributed by atoms with E-state index < -0.39 is 5.41 Å². The number of carbonyl (C=O) groups excluding carboxylic acids is 1. The van der Waals surface area contributed by atoms with Gasteiger partial charge in [-0.15, -0.1) is 0 Å². The zero-order chi connectivity index (χ0) is 17.6. The van der Waals surface area contributed by atoms with Crippen molar-refractivity contribution in [1.29, 1.82) is 5.26 Å². The third kappa shape index (κ3) is 2.03. The lowest BCUT2D eigenvalue weighted by molar-refractivity contribution is -0.123. The molecule has 0 radical (unpaired) electrons. The quantitative estimate of drug-likeness (QED) is 0.765. The Bertz CT molecular complexity index is 813. The highest BCUT2D eigenvalue weighted by molar-refractivity contribution is 9.10. The maximum atomic E-state index is 13.1. The number of nitriles is 1. The largest absolute Gasteiger partial charge is 0.306 e. The van der Waals surface area contributed by atoms with E-state index in [1.54, 1.807) is 6.20 Å². The van der Waals surface area contributed by atoms with E-state index in [1.807, 2.05) is 24.8 Å². The lowest BCUT2D eigenvalue weighted by Crippen LogP contribution is -2.64. The molecule has 1 aromatic rings. The Morgan fingerprint density at radius 1 is 1.32 bits per heavy atom. The van der Waals surface area contributed by atoms with E-state index >= 15 is 0 Å². The van der Waals surface area contributed by atoms with Gasteiger partial charge in [0.2, 0.25) is 5.91 Å². The standard InChI is InChI=1S/C19H21BrN4O/c1-18(2)16-15(4-13(20)7-22-16)24(17(18)25)14-5-19(6-14,10-21)23-8-11-3-12(11)9-23/h4,7,11-12,14H,3,5-6,8-9H2,1-2H3/t11-,12?,14?,19?/m1/s1. The van der Waals surface area contributed by atoms with E-state index in [-0.39, 0.29) is 17.5 Å². The van der Waals surface area contributed by atoms with Crippen molar-refractivity contribution in [1.82, 2.24) is 9.88 Å². The van der Waals surface area contributed by atoms with Gasteiger partial charge in [0, 0.05) is 42.6 Å². The van der Waals surface area contributed by atoms with Gasteiger partial charge in [0.1, 0.15) is 5.54 Å². The predicted octanol–water partition coefficient (Wildman–Crippen LogP) is 2.84. The second kappa shape index (κ2) is 4.83. The number of aromatic nitrogens is 1. The topological polar surface area (TPSA) is 60.2 Å². The molecular formula is C19H21BrN4O. The summed E-state index contributed by atoms with van der Waals surface area (Å²) in [5.74, 6) is 1.74. The average molecular weight is 401 g/mol. The normalized spacial score (nSPS) is 38.1. The van der Waals surface area contributed by atoms with Gasteiger partial charge in [-0.1, -0.05) is 0 Å². The highest BCUT2D eigenvalue weighted by atomic mass is 79.9. The molecule has 3 fully saturated rings. The first-order chi connectivity index (χ1) is 11.9. The molecule has 130 valence electrons. The van der Waals surface area contributed by atoms with E-state index in [0.717, 1.165) is 53.6 Å². The molecule has 1 unspecified atom stereocenters. The molecule has 1 saturated heterocycles. The van der Waals surface area contributed by atoms with Crippen LogP contribution in [-0.2, 0) is 10.2 Å². The molecule has 1 aromatic heterocycles. The number of likely N-dealkylation sites (tertiary alicyclic amines) is 1. The molecule has 5 rings (SSSR count). The third-order valence-corrected chi connectivity index (χ3v) is 7.18. The molecule has 6 heteroatoms. The second-order valence-corrected chi connectivity index (χ2v) is 9.60.